The van der Waals surface area contributed by atoms with E-state index < -0.39 is 35.2 Å². The number of ether oxygens (including phenoxy) is 1. The standard InChI is InChI=1S/C10H10F4N2O/c1-5(10(12,13)14)17-7-4-2-3-6(11)8(7)9(15)16/h2-5H,1H3,(H3,15,16). The zero-order chi connectivity index (χ0) is 13.2. The quantitative estimate of drug-likeness (QED) is 0.491. The second kappa shape index (κ2) is 4.60. The van der Waals surface area contributed by atoms with Crippen molar-refractivity contribution in [2.24, 2.45) is 5.73 Å². The maximum absolute atomic E-state index is 13.3. The molecule has 1 atom stereocenters. The Bertz CT molecular complexity index is 431. The number of hydrogen-bond acceptors (Lipinski definition) is 2. The maximum Gasteiger partial charge on any atom is 0.425 e. The van der Waals surface area contributed by atoms with Gasteiger partial charge in [-0.25, -0.2) is 4.39 Å². The molecular weight excluding hydrogens is 240 g/mol. The number of benzene rings is 1. The van der Waals surface area contributed by atoms with Crippen molar-refractivity contribution in [1.29, 1.82) is 5.41 Å². The van der Waals surface area contributed by atoms with Crippen LogP contribution in [-0.2, 0) is 0 Å². The topological polar surface area (TPSA) is 59.1 Å². The predicted molar refractivity (Wildman–Crippen MR) is 53.6 cm³/mol. The molecular formula is C10H10F4N2O. The van der Waals surface area contributed by atoms with E-state index in [0.717, 1.165) is 19.1 Å². The van der Waals surface area contributed by atoms with Crippen LogP contribution in [0, 0.1) is 11.2 Å². The van der Waals surface area contributed by atoms with E-state index in [1.54, 1.807) is 0 Å². The third-order valence-corrected chi connectivity index (χ3v) is 2.01. The van der Waals surface area contributed by atoms with E-state index in [0.29, 0.717) is 0 Å². The van der Waals surface area contributed by atoms with Gasteiger partial charge in [-0.05, 0) is 19.1 Å². The number of alkyl halides is 3. The number of amidine groups is 1. The van der Waals surface area contributed by atoms with Crippen LogP contribution in [0.25, 0.3) is 0 Å². The third-order valence-electron chi connectivity index (χ3n) is 2.01. The van der Waals surface area contributed by atoms with E-state index in [2.05, 4.69) is 4.74 Å². The Morgan fingerprint density at radius 2 is 2.00 bits per heavy atom. The highest BCUT2D eigenvalue weighted by Gasteiger charge is 2.38. The summed E-state index contributed by atoms with van der Waals surface area (Å²) < 4.78 is 54.6. The summed E-state index contributed by atoms with van der Waals surface area (Å²) in [7, 11) is 0. The number of halogens is 4. The molecule has 0 spiro atoms. The SMILES string of the molecule is CC(Oc1cccc(F)c1C(=N)N)C(F)(F)F. The summed E-state index contributed by atoms with van der Waals surface area (Å²) in [6, 6.07) is 3.30. The first-order chi connectivity index (χ1) is 7.73. The van der Waals surface area contributed by atoms with E-state index in [-0.39, 0.29) is 0 Å². The van der Waals surface area contributed by atoms with Gasteiger partial charge >= 0.3 is 6.18 Å². The molecule has 0 saturated carbocycles. The molecule has 7 heteroatoms. The van der Waals surface area contributed by atoms with Crippen LogP contribution in [0.3, 0.4) is 0 Å². The van der Waals surface area contributed by atoms with Gasteiger partial charge in [0.2, 0.25) is 0 Å². The number of hydrogen-bond donors (Lipinski definition) is 2. The fourth-order valence-corrected chi connectivity index (χ4v) is 1.12. The van der Waals surface area contributed by atoms with Crippen LogP contribution in [0.1, 0.15) is 12.5 Å². The van der Waals surface area contributed by atoms with Crippen molar-refractivity contribution in [3.05, 3.63) is 29.6 Å². The van der Waals surface area contributed by atoms with Crippen molar-refractivity contribution in [3.8, 4) is 5.75 Å². The first-order valence-corrected chi connectivity index (χ1v) is 4.59. The lowest BCUT2D eigenvalue weighted by Crippen LogP contribution is -2.32. The molecule has 0 fully saturated rings. The van der Waals surface area contributed by atoms with Gasteiger partial charge in [0.1, 0.15) is 17.4 Å². The Morgan fingerprint density at radius 3 is 2.47 bits per heavy atom. The first-order valence-electron chi connectivity index (χ1n) is 4.59. The van der Waals surface area contributed by atoms with E-state index in [4.69, 9.17) is 11.1 Å². The molecule has 17 heavy (non-hydrogen) atoms. The Morgan fingerprint density at radius 1 is 1.41 bits per heavy atom. The minimum Gasteiger partial charge on any atom is -0.480 e. The lowest BCUT2D eigenvalue weighted by atomic mass is 10.1. The number of nitrogens with two attached hydrogens (primary N) is 1. The van der Waals surface area contributed by atoms with Crippen molar-refractivity contribution in [2.45, 2.75) is 19.2 Å². The zero-order valence-electron chi connectivity index (χ0n) is 8.81. The molecule has 3 nitrogen and oxygen atoms in total. The van der Waals surface area contributed by atoms with Crippen molar-refractivity contribution < 1.29 is 22.3 Å². The van der Waals surface area contributed by atoms with E-state index in [1.165, 1.54) is 6.07 Å². The smallest absolute Gasteiger partial charge is 0.425 e. The average Bonchev–Trinajstić information content (AvgIpc) is 2.15. The predicted octanol–water partition coefficient (Wildman–Crippen LogP) is 2.44. The van der Waals surface area contributed by atoms with Crippen molar-refractivity contribution in [1.82, 2.24) is 0 Å². The normalized spacial score (nSPS) is 13.2. The lowest BCUT2D eigenvalue weighted by Gasteiger charge is -2.19. The molecule has 0 aliphatic heterocycles. The van der Waals surface area contributed by atoms with Crippen LogP contribution >= 0.6 is 0 Å². The maximum atomic E-state index is 13.3. The summed E-state index contributed by atoms with van der Waals surface area (Å²) in [5, 5.41) is 7.09. The third kappa shape index (κ3) is 3.08. The molecule has 0 aromatic heterocycles. The summed E-state index contributed by atoms with van der Waals surface area (Å²) in [5.74, 6) is -1.99. The van der Waals surface area contributed by atoms with Gasteiger partial charge < -0.3 is 10.5 Å². The van der Waals surface area contributed by atoms with Crippen LogP contribution in [-0.4, -0.2) is 18.1 Å². The molecule has 0 saturated heterocycles. The van der Waals surface area contributed by atoms with Gasteiger partial charge in [-0.2, -0.15) is 13.2 Å². The second-order valence-corrected chi connectivity index (χ2v) is 3.33. The summed E-state index contributed by atoms with van der Waals surface area (Å²) in [5.41, 5.74) is 4.61. The highest BCUT2D eigenvalue weighted by atomic mass is 19.4. The molecule has 0 heterocycles. The van der Waals surface area contributed by atoms with Crippen LogP contribution in [0.15, 0.2) is 18.2 Å². The van der Waals surface area contributed by atoms with Gasteiger partial charge in [-0.3, -0.25) is 5.41 Å². The summed E-state index contributed by atoms with van der Waals surface area (Å²) >= 11 is 0. The molecule has 0 aliphatic rings. The van der Waals surface area contributed by atoms with Gasteiger partial charge in [0.25, 0.3) is 0 Å². The Labute approximate surface area is 94.7 Å². The molecule has 0 amide bonds. The first kappa shape index (κ1) is 13.3. The fraction of sp³-hybridized carbons (Fsp3) is 0.300. The average molecular weight is 250 g/mol. The number of nitrogens with one attached hydrogen (secondary N) is 1. The molecule has 3 N–H and O–H groups in total. The van der Waals surface area contributed by atoms with Crippen molar-refractivity contribution in [2.75, 3.05) is 0 Å². The van der Waals surface area contributed by atoms with Gasteiger partial charge in [-0.1, -0.05) is 6.07 Å². The monoisotopic (exact) mass is 250 g/mol. The summed E-state index contributed by atoms with van der Waals surface area (Å²) in [4.78, 5) is 0. The van der Waals surface area contributed by atoms with E-state index >= 15 is 0 Å². The van der Waals surface area contributed by atoms with Crippen molar-refractivity contribution >= 4 is 5.84 Å². The highest BCUT2D eigenvalue weighted by Crippen LogP contribution is 2.28. The fourth-order valence-electron chi connectivity index (χ4n) is 1.12. The lowest BCUT2D eigenvalue weighted by molar-refractivity contribution is -0.189. The summed E-state index contributed by atoms with van der Waals surface area (Å²) in [6.07, 6.45) is -6.68. The Kier molecular flexibility index (Phi) is 3.59. The van der Waals surface area contributed by atoms with E-state index in [1.807, 2.05) is 0 Å². The van der Waals surface area contributed by atoms with Crippen LogP contribution in [0.5, 0.6) is 5.75 Å². The molecule has 1 unspecified atom stereocenters. The molecule has 1 aromatic rings. The largest absolute Gasteiger partial charge is 0.480 e. The van der Waals surface area contributed by atoms with Gasteiger partial charge in [0.05, 0.1) is 5.56 Å². The van der Waals surface area contributed by atoms with Gasteiger partial charge in [-0.15, -0.1) is 0 Å². The van der Waals surface area contributed by atoms with Gasteiger partial charge in [0, 0.05) is 0 Å². The molecule has 0 aliphatic carbocycles. The van der Waals surface area contributed by atoms with Crippen LogP contribution < -0.4 is 10.5 Å². The molecule has 0 bridgehead atoms. The number of rotatable bonds is 3. The Balaban J connectivity index is 3.07. The molecule has 0 radical (unpaired) electrons. The zero-order valence-corrected chi connectivity index (χ0v) is 8.81. The second-order valence-electron chi connectivity index (χ2n) is 3.33. The minimum absolute atomic E-state index is 0.401. The minimum atomic E-state index is -4.57. The molecule has 1 rings (SSSR count). The van der Waals surface area contributed by atoms with Crippen LogP contribution in [0.4, 0.5) is 17.6 Å². The Hall–Kier alpha value is -1.79. The van der Waals surface area contributed by atoms with Crippen LogP contribution in [0.2, 0.25) is 0 Å². The van der Waals surface area contributed by atoms with E-state index in [9.17, 15) is 17.6 Å². The molecule has 94 valence electrons. The van der Waals surface area contributed by atoms with Gasteiger partial charge in [0.15, 0.2) is 6.10 Å². The summed E-state index contributed by atoms with van der Waals surface area (Å²) in [6.45, 7) is 0.787. The van der Waals surface area contributed by atoms with Crippen molar-refractivity contribution in [3.63, 3.8) is 0 Å². The number of nitrogen functional groups attached to an aromatic ring is 1. The highest BCUT2D eigenvalue weighted by molar-refractivity contribution is 5.97. The molecule has 1 aromatic carbocycles.